The molecule has 0 aliphatic rings. The van der Waals surface area contributed by atoms with Crippen molar-refractivity contribution < 1.29 is 13.0 Å². The fourth-order valence-electron chi connectivity index (χ4n) is 1.29. The Morgan fingerprint density at radius 1 is 1.47 bits per heavy atom. The Labute approximate surface area is 85.9 Å². The summed E-state index contributed by atoms with van der Waals surface area (Å²) in [6.07, 6.45) is 0. The molecule has 0 spiro atoms. The standard InChI is InChI=1S/C8H9N3O3S/c9-4-8-10-6-2-1-5(15(12,13)14)3-7(6)11-8/h1-3H,4,9H2,(H,10,11)(H,12,13,14)/p-1. The van der Waals surface area contributed by atoms with Gasteiger partial charge in [-0.15, -0.1) is 0 Å². The van der Waals surface area contributed by atoms with Crippen molar-refractivity contribution in [1.82, 2.24) is 9.97 Å². The molecule has 15 heavy (non-hydrogen) atoms. The van der Waals surface area contributed by atoms with Crippen LogP contribution in [0.4, 0.5) is 0 Å². The van der Waals surface area contributed by atoms with E-state index in [9.17, 15) is 13.0 Å². The molecule has 2 aromatic rings. The van der Waals surface area contributed by atoms with Gasteiger partial charge in [-0.3, -0.25) is 0 Å². The molecule has 1 aromatic heterocycles. The van der Waals surface area contributed by atoms with Crippen LogP contribution in [0.5, 0.6) is 0 Å². The van der Waals surface area contributed by atoms with Gasteiger partial charge in [-0.1, -0.05) is 0 Å². The number of fused-ring (bicyclic) bond motifs is 1. The minimum Gasteiger partial charge on any atom is -0.744 e. The monoisotopic (exact) mass is 226 g/mol. The molecule has 6 nitrogen and oxygen atoms in total. The Balaban J connectivity index is 2.66. The zero-order chi connectivity index (χ0) is 11.1. The first-order chi connectivity index (χ1) is 7.00. The van der Waals surface area contributed by atoms with E-state index < -0.39 is 10.1 Å². The first-order valence-corrected chi connectivity index (χ1v) is 5.56. The summed E-state index contributed by atoms with van der Waals surface area (Å²) in [7, 11) is -4.42. The molecule has 0 bridgehead atoms. The minimum atomic E-state index is -4.42. The molecule has 7 heteroatoms. The molecule has 0 atom stereocenters. The van der Waals surface area contributed by atoms with E-state index in [4.69, 9.17) is 5.73 Å². The maximum absolute atomic E-state index is 10.7. The molecule has 1 aromatic carbocycles. The van der Waals surface area contributed by atoms with Crippen molar-refractivity contribution >= 4 is 21.2 Å². The minimum absolute atomic E-state index is 0.230. The van der Waals surface area contributed by atoms with Gasteiger partial charge in [0.25, 0.3) is 0 Å². The second kappa shape index (κ2) is 3.30. The number of aromatic nitrogens is 2. The van der Waals surface area contributed by atoms with Gasteiger partial charge in [-0.25, -0.2) is 13.4 Å². The predicted molar refractivity (Wildman–Crippen MR) is 51.9 cm³/mol. The van der Waals surface area contributed by atoms with Crippen molar-refractivity contribution in [1.29, 1.82) is 0 Å². The third-order valence-electron chi connectivity index (χ3n) is 1.98. The van der Waals surface area contributed by atoms with E-state index in [0.29, 0.717) is 16.9 Å². The van der Waals surface area contributed by atoms with Gasteiger partial charge >= 0.3 is 0 Å². The topological polar surface area (TPSA) is 112 Å². The van der Waals surface area contributed by atoms with Crippen LogP contribution in [0.2, 0.25) is 0 Å². The van der Waals surface area contributed by atoms with E-state index in [-0.39, 0.29) is 11.4 Å². The van der Waals surface area contributed by atoms with Gasteiger partial charge < -0.3 is 15.3 Å². The van der Waals surface area contributed by atoms with E-state index in [2.05, 4.69) is 9.97 Å². The number of H-pyrrole nitrogens is 1. The number of imidazole rings is 1. The fourth-order valence-corrected chi connectivity index (χ4v) is 1.79. The molecule has 0 fully saturated rings. The van der Waals surface area contributed by atoms with Crippen LogP contribution in [-0.4, -0.2) is 22.9 Å². The largest absolute Gasteiger partial charge is 0.744 e. The quantitative estimate of drug-likeness (QED) is 0.696. The fraction of sp³-hybridized carbons (Fsp3) is 0.125. The SMILES string of the molecule is NCc1nc2ccc(S(=O)(=O)[O-])cc2[nH]1. The van der Waals surface area contributed by atoms with Crippen LogP contribution in [0, 0.1) is 0 Å². The number of hydrogen-bond donors (Lipinski definition) is 2. The molecule has 0 unspecified atom stereocenters. The zero-order valence-corrected chi connectivity index (χ0v) is 8.41. The molecule has 0 radical (unpaired) electrons. The van der Waals surface area contributed by atoms with Crippen LogP contribution >= 0.6 is 0 Å². The van der Waals surface area contributed by atoms with Gasteiger partial charge in [0.05, 0.1) is 22.5 Å². The summed E-state index contributed by atoms with van der Waals surface area (Å²) in [5.74, 6) is 0.547. The highest BCUT2D eigenvalue weighted by Crippen LogP contribution is 2.16. The van der Waals surface area contributed by atoms with Crippen molar-refractivity contribution in [2.24, 2.45) is 5.73 Å². The summed E-state index contributed by atoms with van der Waals surface area (Å²) < 4.78 is 32.2. The lowest BCUT2D eigenvalue weighted by atomic mass is 10.3. The van der Waals surface area contributed by atoms with Crippen molar-refractivity contribution in [3.8, 4) is 0 Å². The van der Waals surface area contributed by atoms with Gasteiger partial charge in [0.15, 0.2) is 0 Å². The van der Waals surface area contributed by atoms with Crippen LogP contribution in [0.15, 0.2) is 23.1 Å². The summed E-state index contributed by atoms with van der Waals surface area (Å²) in [6.45, 7) is 0.230. The second-order valence-corrected chi connectivity index (χ2v) is 4.40. The predicted octanol–water partition coefficient (Wildman–Crippen LogP) is -0.0743. The van der Waals surface area contributed by atoms with E-state index >= 15 is 0 Å². The van der Waals surface area contributed by atoms with Gasteiger partial charge in [0, 0.05) is 0 Å². The summed E-state index contributed by atoms with van der Waals surface area (Å²) >= 11 is 0. The maximum Gasteiger partial charge on any atom is 0.124 e. The van der Waals surface area contributed by atoms with Crippen LogP contribution in [0.3, 0.4) is 0 Å². The molecular formula is C8H8N3O3S-. The summed E-state index contributed by atoms with van der Waals surface area (Å²) in [5, 5.41) is 0. The molecule has 0 amide bonds. The van der Waals surface area contributed by atoms with Crippen molar-refractivity contribution in [3.05, 3.63) is 24.0 Å². The highest BCUT2D eigenvalue weighted by molar-refractivity contribution is 7.85. The first-order valence-electron chi connectivity index (χ1n) is 4.15. The Bertz CT molecular complexity index is 603. The molecule has 1 heterocycles. The van der Waals surface area contributed by atoms with Crippen LogP contribution in [-0.2, 0) is 16.7 Å². The summed E-state index contributed by atoms with van der Waals surface area (Å²) in [6, 6.07) is 3.95. The lowest BCUT2D eigenvalue weighted by molar-refractivity contribution is 0.463. The number of nitrogens with one attached hydrogen (secondary N) is 1. The van der Waals surface area contributed by atoms with Crippen molar-refractivity contribution in [2.75, 3.05) is 0 Å². The molecule has 0 aliphatic heterocycles. The van der Waals surface area contributed by atoms with Gasteiger partial charge in [-0.05, 0) is 18.2 Å². The molecule has 0 saturated heterocycles. The molecule has 0 saturated carbocycles. The molecule has 2 rings (SSSR count). The molecule has 3 N–H and O–H groups in total. The Morgan fingerprint density at radius 3 is 2.80 bits per heavy atom. The maximum atomic E-state index is 10.7. The third-order valence-corrected chi connectivity index (χ3v) is 2.82. The van der Waals surface area contributed by atoms with Crippen LogP contribution in [0.25, 0.3) is 11.0 Å². The van der Waals surface area contributed by atoms with E-state index in [1.165, 1.54) is 18.2 Å². The number of nitrogens with two attached hydrogens (primary N) is 1. The lowest BCUT2D eigenvalue weighted by Gasteiger charge is -2.05. The average Bonchev–Trinajstić information content (AvgIpc) is 2.57. The number of benzene rings is 1. The smallest absolute Gasteiger partial charge is 0.124 e. The van der Waals surface area contributed by atoms with Gasteiger partial charge in [-0.2, -0.15) is 0 Å². The highest BCUT2D eigenvalue weighted by Gasteiger charge is 2.05. The van der Waals surface area contributed by atoms with Gasteiger partial charge in [0.2, 0.25) is 0 Å². The highest BCUT2D eigenvalue weighted by atomic mass is 32.2. The van der Waals surface area contributed by atoms with Crippen LogP contribution in [0.1, 0.15) is 5.82 Å². The number of hydrogen-bond acceptors (Lipinski definition) is 5. The van der Waals surface area contributed by atoms with Gasteiger partial charge in [0.1, 0.15) is 15.9 Å². The van der Waals surface area contributed by atoms with E-state index in [0.717, 1.165) is 0 Å². The third kappa shape index (κ3) is 1.84. The molecule has 80 valence electrons. The Morgan fingerprint density at radius 2 is 2.20 bits per heavy atom. The van der Waals surface area contributed by atoms with Crippen molar-refractivity contribution in [3.63, 3.8) is 0 Å². The van der Waals surface area contributed by atoms with Crippen LogP contribution < -0.4 is 5.73 Å². The molecule has 0 aliphatic carbocycles. The second-order valence-electron chi connectivity index (χ2n) is 3.02. The number of aromatic amines is 1. The normalized spacial score (nSPS) is 12.1. The zero-order valence-electron chi connectivity index (χ0n) is 7.60. The molecular weight excluding hydrogens is 218 g/mol. The lowest BCUT2D eigenvalue weighted by Crippen LogP contribution is -1.98. The first kappa shape index (κ1) is 10.1. The van der Waals surface area contributed by atoms with E-state index in [1.807, 2.05) is 0 Å². The summed E-state index contributed by atoms with van der Waals surface area (Å²) in [4.78, 5) is 6.62. The van der Waals surface area contributed by atoms with E-state index in [1.54, 1.807) is 0 Å². The Hall–Kier alpha value is -1.44. The summed E-state index contributed by atoms with van der Waals surface area (Å²) in [5.41, 5.74) is 6.44. The average molecular weight is 226 g/mol. The number of rotatable bonds is 2. The Kier molecular flexibility index (Phi) is 2.22. The van der Waals surface area contributed by atoms with Crippen molar-refractivity contribution in [2.45, 2.75) is 11.4 Å². The number of nitrogens with zero attached hydrogens (tertiary/aromatic N) is 1.